The molecule has 0 aromatic rings. The minimum atomic E-state index is -0.125. The van der Waals surface area contributed by atoms with Crippen molar-refractivity contribution in [1.29, 1.82) is 0 Å². The van der Waals surface area contributed by atoms with Crippen LogP contribution in [0, 0.1) is 13.0 Å². The first-order valence-corrected chi connectivity index (χ1v) is 3.80. The SMILES string of the molecule is [CH2-]OC(=O)C1CCCCC1.[Cl-].[Mg+2]. The molecule has 0 bridgehead atoms. The fourth-order valence-electron chi connectivity index (χ4n) is 1.46. The largest absolute Gasteiger partial charge is 2.00 e. The Kier molecular flexibility index (Phi) is 10.2. The van der Waals surface area contributed by atoms with E-state index in [0.29, 0.717) is 0 Å². The second-order valence-corrected chi connectivity index (χ2v) is 2.80. The van der Waals surface area contributed by atoms with Gasteiger partial charge in [0.15, 0.2) is 0 Å². The van der Waals surface area contributed by atoms with E-state index in [4.69, 9.17) is 0 Å². The molecule has 0 aromatic carbocycles. The maximum absolute atomic E-state index is 10.9. The van der Waals surface area contributed by atoms with Crippen LogP contribution in [0.25, 0.3) is 0 Å². The number of rotatable bonds is 1. The van der Waals surface area contributed by atoms with Crippen LogP contribution in [-0.2, 0) is 9.53 Å². The molecule has 1 saturated carbocycles. The third-order valence-electron chi connectivity index (χ3n) is 2.08. The van der Waals surface area contributed by atoms with Gasteiger partial charge in [0.2, 0.25) is 0 Å². The van der Waals surface area contributed by atoms with Gasteiger partial charge >= 0.3 is 23.1 Å². The molecule has 0 N–H and O–H groups in total. The molecule has 1 aliphatic rings. The molecule has 12 heavy (non-hydrogen) atoms. The van der Waals surface area contributed by atoms with Crippen LogP contribution in [0.5, 0.6) is 0 Å². The minimum Gasteiger partial charge on any atom is -1.00 e. The predicted molar refractivity (Wildman–Crippen MR) is 43.8 cm³/mol. The summed E-state index contributed by atoms with van der Waals surface area (Å²) < 4.78 is 4.40. The Hall–Kier alpha value is 0.526. The molecule has 0 aromatic heterocycles. The van der Waals surface area contributed by atoms with Crippen molar-refractivity contribution >= 4 is 29.0 Å². The van der Waals surface area contributed by atoms with Crippen molar-refractivity contribution in [3.63, 3.8) is 0 Å². The van der Waals surface area contributed by atoms with Gasteiger partial charge in [0.25, 0.3) is 5.97 Å². The van der Waals surface area contributed by atoms with Crippen LogP contribution in [0.15, 0.2) is 0 Å². The third kappa shape index (κ3) is 4.53. The van der Waals surface area contributed by atoms with Gasteiger partial charge in [-0.2, -0.15) is 7.11 Å². The summed E-state index contributed by atoms with van der Waals surface area (Å²) in [5.41, 5.74) is 0. The Morgan fingerprint density at radius 3 is 2.17 bits per heavy atom. The van der Waals surface area contributed by atoms with Gasteiger partial charge in [-0.1, -0.05) is 19.3 Å². The summed E-state index contributed by atoms with van der Waals surface area (Å²) in [5, 5.41) is 0. The van der Waals surface area contributed by atoms with Gasteiger partial charge in [-0.15, -0.1) is 0 Å². The Morgan fingerprint density at radius 1 is 1.25 bits per heavy atom. The fourth-order valence-corrected chi connectivity index (χ4v) is 1.46. The summed E-state index contributed by atoms with van der Waals surface area (Å²) >= 11 is 0. The molecule has 0 unspecified atom stereocenters. The Morgan fingerprint density at radius 2 is 1.75 bits per heavy atom. The molecule has 1 fully saturated rings. The first-order chi connectivity index (χ1) is 4.84. The van der Waals surface area contributed by atoms with E-state index in [9.17, 15) is 4.79 Å². The van der Waals surface area contributed by atoms with Gasteiger partial charge in [-0.05, 0) is 12.8 Å². The Balaban J connectivity index is 0. The van der Waals surface area contributed by atoms with Gasteiger partial charge in [0.1, 0.15) is 0 Å². The van der Waals surface area contributed by atoms with Crippen LogP contribution in [0.4, 0.5) is 0 Å². The summed E-state index contributed by atoms with van der Waals surface area (Å²) in [6.45, 7) is 0. The van der Waals surface area contributed by atoms with Gasteiger partial charge in [-0.25, -0.2) is 0 Å². The van der Waals surface area contributed by atoms with E-state index >= 15 is 0 Å². The average molecular weight is 201 g/mol. The maximum atomic E-state index is 10.9. The Bertz CT molecular complexity index is 124. The molecule has 4 heteroatoms. The van der Waals surface area contributed by atoms with Gasteiger partial charge < -0.3 is 17.1 Å². The van der Waals surface area contributed by atoms with Crippen molar-refractivity contribution in [2.75, 3.05) is 0 Å². The fraction of sp³-hybridized carbons (Fsp3) is 0.750. The van der Waals surface area contributed by atoms with Crippen LogP contribution >= 0.6 is 0 Å². The summed E-state index contributed by atoms with van der Waals surface area (Å²) in [6, 6.07) is 0. The van der Waals surface area contributed by atoms with Crippen molar-refractivity contribution in [3.8, 4) is 0 Å². The molecule has 0 aliphatic heterocycles. The molecule has 0 spiro atoms. The van der Waals surface area contributed by atoms with Gasteiger partial charge in [0, 0.05) is 0 Å². The average Bonchev–Trinajstić information content (AvgIpc) is 2.05. The molecule has 0 saturated heterocycles. The molecular formula is C8H13ClMgO2. The molecule has 0 radical (unpaired) electrons. The van der Waals surface area contributed by atoms with Crippen LogP contribution < -0.4 is 12.4 Å². The van der Waals surface area contributed by atoms with E-state index in [2.05, 4.69) is 11.8 Å². The number of ether oxygens (including phenoxy) is 1. The quantitative estimate of drug-likeness (QED) is 0.294. The number of hydrogen-bond donors (Lipinski definition) is 0. The first kappa shape index (κ1) is 15.0. The van der Waals surface area contributed by atoms with E-state index in [1.165, 1.54) is 19.3 Å². The van der Waals surface area contributed by atoms with Gasteiger partial charge in [0.05, 0.1) is 5.92 Å². The number of halogens is 1. The predicted octanol–water partition coefficient (Wildman–Crippen LogP) is -1.48. The molecule has 0 amide bonds. The summed E-state index contributed by atoms with van der Waals surface area (Å²) in [4.78, 5) is 10.9. The van der Waals surface area contributed by atoms with Crippen LogP contribution in [0.1, 0.15) is 32.1 Å². The van der Waals surface area contributed by atoms with E-state index in [1.54, 1.807) is 0 Å². The van der Waals surface area contributed by atoms with Crippen molar-refractivity contribution in [2.24, 2.45) is 5.92 Å². The molecular weight excluding hydrogens is 188 g/mol. The third-order valence-corrected chi connectivity index (χ3v) is 2.08. The molecule has 0 atom stereocenters. The first-order valence-electron chi connectivity index (χ1n) is 3.80. The summed E-state index contributed by atoms with van der Waals surface area (Å²) in [6.07, 6.45) is 5.59. The normalized spacial score (nSPS) is 17.1. The number of carbonyl (C=O) groups excluding carboxylic acids is 1. The van der Waals surface area contributed by atoms with Crippen molar-refractivity contribution in [2.45, 2.75) is 32.1 Å². The van der Waals surface area contributed by atoms with Crippen LogP contribution in [0.2, 0.25) is 0 Å². The van der Waals surface area contributed by atoms with Crippen molar-refractivity contribution < 1.29 is 21.9 Å². The zero-order valence-corrected chi connectivity index (χ0v) is 9.39. The molecule has 66 valence electrons. The van der Waals surface area contributed by atoms with Crippen molar-refractivity contribution in [1.82, 2.24) is 0 Å². The smallest absolute Gasteiger partial charge is 1.00 e. The summed E-state index contributed by atoms with van der Waals surface area (Å²) in [5.74, 6) is 0.0194. The van der Waals surface area contributed by atoms with E-state index < -0.39 is 0 Å². The van der Waals surface area contributed by atoms with E-state index in [-0.39, 0.29) is 47.3 Å². The molecule has 2 nitrogen and oxygen atoms in total. The Labute approximate surface area is 96.0 Å². The molecule has 1 aliphatic carbocycles. The monoisotopic (exact) mass is 200 g/mol. The molecule has 0 heterocycles. The topological polar surface area (TPSA) is 26.3 Å². The van der Waals surface area contributed by atoms with Gasteiger partial charge in [-0.3, -0.25) is 4.79 Å². The second-order valence-electron chi connectivity index (χ2n) is 2.80. The standard InChI is InChI=1S/C8H13O2.ClH.Mg/c1-10-8(9)7-5-3-2-4-6-7;;/h7H,1-6H2;1H;/q-1;;+2/p-1. The zero-order valence-electron chi connectivity index (χ0n) is 7.22. The number of esters is 1. The maximum Gasteiger partial charge on any atom is 2.00 e. The minimum absolute atomic E-state index is 0. The zero-order chi connectivity index (χ0) is 7.40. The van der Waals surface area contributed by atoms with Crippen molar-refractivity contribution in [3.05, 3.63) is 7.11 Å². The van der Waals surface area contributed by atoms with E-state index in [0.717, 1.165) is 12.8 Å². The number of carbonyl (C=O) groups is 1. The second kappa shape index (κ2) is 8.14. The summed E-state index contributed by atoms with van der Waals surface area (Å²) in [7, 11) is 3.11. The van der Waals surface area contributed by atoms with Crippen LogP contribution in [-0.4, -0.2) is 29.0 Å². The molecule has 1 rings (SSSR count). The van der Waals surface area contributed by atoms with Crippen LogP contribution in [0.3, 0.4) is 0 Å². The van der Waals surface area contributed by atoms with E-state index in [1.807, 2.05) is 0 Å². The number of hydrogen-bond acceptors (Lipinski definition) is 2.